The number of benzene rings is 1. The van der Waals surface area contributed by atoms with Gasteiger partial charge in [-0.1, -0.05) is 6.07 Å². The molecule has 154 valence electrons. The van der Waals surface area contributed by atoms with Crippen molar-refractivity contribution in [1.29, 1.82) is 0 Å². The summed E-state index contributed by atoms with van der Waals surface area (Å²) >= 11 is 0. The van der Waals surface area contributed by atoms with E-state index in [9.17, 15) is 9.59 Å². The molecule has 1 fully saturated rings. The molecule has 1 aromatic heterocycles. The molecule has 8 nitrogen and oxygen atoms in total. The fourth-order valence-electron chi connectivity index (χ4n) is 3.39. The van der Waals surface area contributed by atoms with Crippen LogP contribution >= 0.6 is 0 Å². The quantitative estimate of drug-likeness (QED) is 0.803. The van der Waals surface area contributed by atoms with Crippen LogP contribution in [0.4, 0.5) is 16.3 Å². The lowest BCUT2D eigenvalue weighted by molar-refractivity contribution is 0.0982. The lowest BCUT2D eigenvalue weighted by Gasteiger charge is -2.31. The topological polar surface area (TPSA) is 96.5 Å². The molecule has 1 aliphatic heterocycles. The molecular formula is C21H27N5O3. The molecule has 0 aliphatic carbocycles. The molecule has 8 heteroatoms. The summed E-state index contributed by atoms with van der Waals surface area (Å²) in [4.78, 5) is 34.4. The zero-order valence-electron chi connectivity index (χ0n) is 17.1. The van der Waals surface area contributed by atoms with Gasteiger partial charge in [0.05, 0.1) is 19.0 Å². The van der Waals surface area contributed by atoms with Gasteiger partial charge in [0.25, 0.3) is 5.91 Å². The van der Waals surface area contributed by atoms with E-state index in [1.165, 1.54) is 6.20 Å². The van der Waals surface area contributed by atoms with Gasteiger partial charge in [-0.25, -0.2) is 14.8 Å². The van der Waals surface area contributed by atoms with E-state index in [1.54, 1.807) is 18.0 Å². The molecule has 2 N–H and O–H groups in total. The molecule has 0 spiro atoms. The van der Waals surface area contributed by atoms with Crippen LogP contribution < -0.4 is 10.6 Å². The minimum atomic E-state index is -0.295. The van der Waals surface area contributed by atoms with Gasteiger partial charge in [0.2, 0.25) is 0 Å². The van der Waals surface area contributed by atoms with Crippen LogP contribution in [0.5, 0.6) is 0 Å². The zero-order valence-corrected chi connectivity index (χ0v) is 17.1. The number of likely N-dealkylation sites (tertiary alicyclic amines) is 1. The Kier molecular flexibility index (Phi) is 6.64. The molecule has 1 saturated heterocycles. The second-order valence-electron chi connectivity index (χ2n) is 7.22. The van der Waals surface area contributed by atoms with Gasteiger partial charge in [-0.2, -0.15) is 0 Å². The average Bonchev–Trinajstić information content (AvgIpc) is 2.68. The molecule has 1 aliphatic rings. The van der Waals surface area contributed by atoms with Gasteiger partial charge < -0.3 is 20.3 Å². The van der Waals surface area contributed by atoms with Gasteiger partial charge in [0, 0.05) is 24.8 Å². The SMILES string of the molecule is CCOC(=O)N1CCC(Nc2cnc(C(=O)Nc3cc(C)cc(C)c3)cn2)CC1. The standard InChI is InChI=1S/C21H27N5O3/c1-4-29-21(28)26-7-5-16(6-8-26)24-19-13-22-18(12-23-19)20(27)25-17-10-14(2)9-15(3)11-17/h9-13,16H,4-8H2,1-3H3,(H,23,24)(H,25,27). The van der Waals surface area contributed by atoms with Crippen LogP contribution in [0, 0.1) is 13.8 Å². The summed E-state index contributed by atoms with van der Waals surface area (Å²) in [5.74, 6) is 0.319. The predicted octanol–water partition coefficient (Wildman–Crippen LogP) is 3.38. The number of nitrogens with one attached hydrogen (secondary N) is 2. The molecular weight excluding hydrogens is 370 g/mol. The molecule has 0 bridgehead atoms. The maximum absolute atomic E-state index is 12.4. The van der Waals surface area contributed by atoms with Crippen molar-refractivity contribution in [2.24, 2.45) is 0 Å². The van der Waals surface area contributed by atoms with Gasteiger partial charge in [-0.15, -0.1) is 0 Å². The highest BCUT2D eigenvalue weighted by atomic mass is 16.6. The van der Waals surface area contributed by atoms with Crippen molar-refractivity contribution in [3.63, 3.8) is 0 Å². The lowest BCUT2D eigenvalue weighted by atomic mass is 10.1. The van der Waals surface area contributed by atoms with Crippen LogP contribution in [0.1, 0.15) is 41.4 Å². The smallest absolute Gasteiger partial charge is 0.409 e. The number of hydrogen-bond donors (Lipinski definition) is 2. The van der Waals surface area contributed by atoms with Crippen molar-refractivity contribution in [3.8, 4) is 0 Å². The number of rotatable bonds is 5. The molecule has 0 radical (unpaired) electrons. The first-order valence-corrected chi connectivity index (χ1v) is 9.84. The van der Waals surface area contributed by atoms with E-state index in [0.717, 1.165) is 29.7 Å². The number of aryl methyl sites for hydroxylation is 2. The largest absolute Gasteiger partial charge is 0.450 e. The van der Waals surface area contributed by atoms with Crippen molar-refractivity contribution in [2.45, 2.75) is 39.7 Å². The normalized spacial score (nSPS) is 14.4. The van der Waals surface area contributed by atoms with E-state index in [0.29, 0.717) is 25.5 Å². The summed E-state index contributed by atoms with van der Waals surface area (Å²) < 4.78 is 5.03. The van der Waals surface area contributed by atoms with Crippen molar-refractivity contribution in [1.82, 2.24) is 14.9 Å². The molecule has 2 amide bonds. The first kappa shape index (κ1) is 20.6. The highest BCUT2D eigenvalue weighted by molar-refractivity contribution is 6.02. The van der Waals surface area contributed by atoms with Crippen molar-refractivity contribution in [3.05, 3.63) is 47.4 Å². The number of hydrogen-bond acceptors (Lipinski definition) is 6. The van der Waals surface area contributed by atoms with Crippen molar-refractivity contribution < 1.29 is 14.3 Å². The number of amides is 2. The van der Waals surface area contributed by atoms with Crippen LogP contribution in [0.3, 0.4) is 0 Å². The minimum Gasteiger partial charge on any atom is -0.450 e. The number of carbonyl (C=O) groups excluding carboxylic acids is 2. The van der Waals surface area contributed by atoms with E-state index in [1.807, 2.05) is 32.0 Å². The van der Waals surface area contributed by atoms with Crippen molar-refractivity contribution in [2.75, 3.05) is 30.3 Å². The zero-order chi connectivity index (χ0) is 20.8. The van der Waals surface area contributed by atoms with Crippen LogP contribution in [0.15, 0.2) is 30.6 Å². The Morgan fingerprint density at radius 2 is 1.79 bits per heavy atom. The highest BCUT2D eigenvalue weighted by Gasteiger charge is 2.23. The third-order valence-electron chi connectivity index (χ3n) is 4.74. The second kappa shape index (κ2) is 9.36. The number of piperidine rings is 1. The van der Waals surface area contributed by atoms with E-state index < -0.39 is 0 Å². The number of ether oxygens (including phenoxy) is 1. The Morgan fingerprint density at radius 3 is 2.38 bits per heavy atom. The first-order chi connectivity index (χ1) is 13.9. The monoisotopic (exact) mass is 397 g/mol. The van der Waals surface area contributed by atoms with Crippen LogP contribution in [-0.2, 0) is 4.74 Å². The molecule has 1 aromatic carbocycles. The Labute approximate surface area is 170 Å². The van der Waals surface area contributed by atoms with E-state index in [-0.39, 0.29) is 23.7 Å². The van der Waals surface area contributed by atoms with Gasteiger partial charge in [-0.3, -0.25) is 4.79 Å². The summed E-state index contributed by atoms with van der Waals surface area (Å²) in [5.41, 5.74) is 3.16. The summed E-state index contributed by atoms with van der Waals surface area (Å²) in [5, 5.41) is 6.17. The first-order valence-electron chi connectivity index (χ1n) is 9.84. The Balaban J connectivity index is 1.52. The van der Waals surface area contributed by atoms with E-state index in [4.69, 9.17) is 4.74 Å². The minimum absolute atomic E-state index is 0.199. The lowest BCUT2D eigenvalue weighted by Crippen LogP contribution is -2.42. The second-order valence-corrected chi connectivity index (χ2v) is 7.22. The molecule has 0 saturated carbocycles. The molecule has 2 heterocycles. The highest BCUT2D eigenvalue weighted by Crippen LogP contribution is 2.17. The number of aromatic nitrogens is 2. The Morgan fingerprint density at radius 1 is 1.10 bits per heavy atom. The predicted molar refractivity (Wildman–Crippen MR) is 111 cm³/mol. The summed E-state index contributed by atoms with van der Waals surface area (Å²) in [6.07, 6.45) is 4.37. The fraction of sp³-hybridized carbons (Fsp3) is 0.429. The molecule has 2 aromatic rings. The third-order valence-corrected chi connectivity index (χ3v) is 4.74. The van der Waals surface area contributed by atoms with Gasteiger partial charge >= 0.3 is 6.09 Å². The average molecular weight is 397 g/mol. The summed E-state index contributed by atoms with van der Waals surface area (Å²) in [6.45, 7) is 7.44. The maximum atomic E-state index is 12.4. The van der Waals surface area contributed by atoms with Crippen LogP contribution in [0.2, 0.25) is 0 Å². The van der Waals surface area contributed by atoms with Crippen molar-refractivity contribution >= 4 is 23.5 Å². The number of carbonyl (C=O) groups is 2. The molecule has 0 unspecified atom stereocenters. The molecule has 0 atom stereocenters. The van der Waals surface area contributed by atoms with E-state index >= 15 is 0 Å². The maximum Gasteiger partial charge on any atom is 0.409 e. The van der Waals surface area contributed by atoms with E-state index in [2.05, 4.69) is 20.6 Å². The number of nitrogens with zero attached hydrogens (tertiary/aromatic N) is 3. The molecule has 3 rings (SSSR count). The van der Waals surface area contributed by atoms with Gasteiger partial charge in [0.15, 0.2) is 0 Å². The fourth-order valence-corrected chi connectivity index (χ4v) is 3.39. The third kappa shape index (κ3) is 5.66. The summed E-state index contributed by atoms with van der Waals surface area (Å²) in [6, 6.07) is 6.07. The number of anilines is 2. The van der Waals surface area contributed by atoms with Gasteiger partial charge in [0.1, 0.15) is 11.5 Å². The summed E-state index contributed by atoms with van der Waals surface area (Å²) in [7, 11) is 0. The Bertz CT molecular complexity index is 841. The van der Waals surface area contributed by atoms with Gasteiger partial charge in [-0.05, 0) is 56.9 Å². The van der Waals surface area contributed by atoms with Crippen LogP contribution in [-0.4, -0.2) is 52.6 Å². The molecule has 29 heavy (non-hydrogen) atoms. The Hall–Kier alpha value is -3.16. The van der Waals surface area contributed by atoms with Crippen LogP contribution in [0.25, 0.3) is 0 Å².